The summed E-state index contributed by atoms with van der Waals surface area (Å²) in [4.78, 5) is 15.8. The minimum atomic E-state index is 0.0795. The lowest BCUT2D eigenvalue weighted by molar-refractivity contribution is 0.0955. The first kappa shape index (κ1) is 13.8. The minimum absolute atomic E-state index is 0.0795. The highest BCUT2D eigenvalue weighted by molar-refractivity contribution is 7.14. The van der Waals surface area contributed by atoms with Gasteiger partial charge < -0.3 is 5.32 Å². The third kappa shape index (κ3) is 2.96. The van der Waals surface area contributed by atoms with Gasteiger partial charge in [0.2, 0.25) is 0 Å². The molecule has 0 fully saturated rings. The van der Waals surface area contributed by atoms with Crippen molar-refractivity contribution in [3.05, 3.63) is 43.3 Å². The van der Waals surface area contributed by atoms with E-state index in [9.17, 15) is 4.79 Å². The first-order chi connectivity index (χ1) is 9.74. The van der Waals surface area contributed by atoms with Crippen molar-refractivity contribution in [2.24, 2.45) is 0 Å². The van der Waals surface area contributed by atoms with Crippen molar-refractivity contribution in [1.82, 2.24) is 5.32 Å². The van der Waals surface area contributed by atoms with E-state index in [2.05, 4.69) is 29.8 Å². The molecular formula is C16H19NOS2. The Kier molecular flexibility index (Phi) is 4.22. The average molecular weight is 305 g/mol. The fourth-order valence-electron chi connectivity index (χ4n) is 2.61. The van der Waals surface area contributed by atoms with Crippen molar-refractivity contribution < 1.29 is 4.79 Å². The van der Waals surface area contributed by atoms with Gasteiger partial charge in [0, 0.05) is 9.75 Å². The normalized spacial score (nSPS) is 14.7. The van der Waals surface area contributed by atoms with E-state index in [0.29, 0.717) is 6.54 Å². The topological polar surface area (TPSA) is 29.1 Å². The molecule has 0 radical (unpaired) electrons. The molecule has 0 spiro atoms. The molecule has 0 atom stereocenters. The fraction of sp³-hybridized carbons (Fsp3) is 0.438. The van der Waals surface area contributed by atoms with Gasteiger partial charge in [0.05, 0.1) is 11.4 Å². The van der Waals surface area contributed by atoms with Crippen LogP contribution in [0.15, 0.2) is 17.5 Å². The maximum atomic E-state index is 12.3. The Morgan fingerprint density at radius 1 is 1.30 bits per heavy atom. The summed E-state index contributed by atoms with van der Waals surface area (Å²) < 4.78 is 0. The minimum Gasteiger partial charge on any atom is -0.346 e. The van der Waals surface area contributed by atoms with Gasteiger partial charge in [-0.25, -0.2) is 0 Å². The van der Waals surface area contributed by atoms with Crippen LogP contribution < -0.4 is 5.32 Å². The molecule has 0 aliphatic heterocycles. The summed E-state index contributed by atoms with van der Waals surface area (Å²) >= 11 is 3.40. The van der Waals surface area contributed by atoms with Crippen LogP contribution in [0.25, 0.3) is 0 Å². The highest BCUT2D eigenvalue weighted by Crippen LogP contribution is 2.29. The van der Waals surface area contributed by atoms with Crippen LogP contribution in [0.4, 0.5) is 0 Å². The molecule has 0 saturated heterocycles. The maximum Gasteiger partial charge on any atom is 0.261 e. The van der Waals surface area contributed by atoms with Crippen LogP contribution in [-0.2, 0) is 19.4 Å². The Bertz CT molecular complexity index is 588. The molecule has 1 N–H and O–H groups in total. The van der Waals surface area contributed by atoms with E-state index < -0.39 is 0 Å². The zero-order chi connectivity index (χ0) is 13.9. The summed E-state index contributed by atoms with van der Waals surface area (Å²) in [6, 6.07) is 4.21. The summed E-state index contributed by atoms with van der Waals surface area (Å²) in [5.41, 5.74) is 2.67. The highest BCUT2D eigenvalue weighted by Gasteiger charge is 2.16. The molecule has 3 rings (SSSR count). The van der Waals surface area contributed by atoms with E-state index in [4.69, 9.17) is 0 Å². The van der Waals surface area contributed by atoms with Gasteiger partial charge in [-0.1, -0.05) is 6.42 Å². The zero-order valence-corrected chi connectivity index (χ0v) is 13.3. The molecule has 106 valence electrons. The Morgan fingerprint density at radius 2 is 2.15 bits per heavy atom. The molecule has 1 aliphatic rings. The summed E-state index contributed by atoms with van der Waals surface area (Å²) in [5, 5.41) is 5.12. The number of rotatable bonds is 3. The van der Waals surface area contributed by atoms with Crippen molar-refractivity contribution >= 4 is 28.6 Å². The lowest BCUT2D eigenvalue weighted by atomic mass is 10.1. The molecule has 0 aromatic carbocycles. The lowest BCUT2D eigenvalue weighted by Crippen LogP contribution is -2.21. The molecule has 2 nitrogen and oxygen atoms in total. The predicted molar refractivity (Wildman–Crippen MR) is 85.8 cm³/mol. The predicted octanol–water partition coefficient (Wildman–Crippen LogP) is 4.32. The molecule has 2 aromatic heterocycles. The molecule has 0 unspecified atom stereocenters. The Balaban J connectivity index is 1.67. The van der Waals surface area contributed by atoms with E-state index >= 15 is 0 Å². The first-order valence-corrected chi connectivity index (χ1v) is 8.86. The van der Waals surface area contributed by atoms with Gasteiger partial charge in [-0.05, 0) is 61.2 Å². The number of carbonyl (C=O) groups is 1. The molecule has 4 heteroatoms. The van der Waals surface area contributed by atoms with E-state index in [1.54, 1.807) is 22.7 Å². The second-order valence-electron chi connectivity index (χ2n) is 5.33. The molecule has 1 aliphatic carbocycles. The van der Waals surface area contributed by atoms with Gasteiger partial charge >= 0.3 is 0 Å². The third-order valence-electron chi connectivity index (χ3n) is 3.85. The van der Waals surface area contributed by atoms with Crippen molar-refractivity contribution in [2.75, 3.05) is 0 Å². The number of thiophene rings is 2. The number of aryl methyl sites for hydroxylation is 3. The first-order valence-electron chi connectivity index (χ1n) is 7.17. The van der Waals surface area contributed by atoms with E-state index in [1.165, 1.54) is 40.1 Å². The SMILES string of the molecule is Cc1ccsc1CNC(=O)c1cc2c(s1)CCCCC2. The Labute approximate surface area is 127 Å². The standard InChI is InChI=1S/C16H19NOS2/c1-11-7-8-19-15(11)10-17-16(18)14-9-12-5-3-2-4-6-13(12)20-14/h7-9H,2-6,10H2,1H3,(H,17,18). The average Bonchev–Trinajstić information content (AvgIpc) is 2.97. The van der Waals surface area contributed by atoms with Crippen LogP contribution in [-0.4, -0.2) is 5.91 Å². The van der Waals surface area contributed by atoms with Crippen LogP contribution in [0.5, 0.6) is 0 Å². The van der Waals surface area contributed by atoms with Crippen LogP contribution >= 0.6 is 22.7 Å². The zero-order valence-electron chi connectivity index (χ0n) is 11.7. The summed E-state index contributed by atoms with van der Waals surface area (Å²) in [5.74, 6) is 0.0795. The lowest BCUT2D eigenvalue weighted by Gasteiger charge is -2.02. The van der Waals surface area contributed by atoms with E-state index in [0.717, 1.165) is 17.7 Å². The Morgan fingerprint density at radius 3 is 2.95 bits per heavy atom. The van der Waals surface area contributed by atoms with Gasteiger partial charge in [-0.2, -0.15) is 0 Å². The fourth-order valence-corrected chi connectivity index (χ4v) is 4.63. The van der Waals surface area contributed by atoms with Gasteiger partial charge in [-0.3, -0.25) is 4.79 Å². The third-order valence-corrected chi connectivity index (χ3v) is 6.11. The Hall–Kier alpha value is -1.13. The maximum absolute atomic E-state index is 12.3. The van der Waals surface area contributed by atoms with Crippen molar-refractivity contribution in [1.29, 1.82) is 0 Å². The van der Waals surface area contributed by atoms with Gasteiger partial charge in [0.1, 0.15) is 0 Å². The summed E-state index contributed by atoms with van der Waals surface area (Å²) in [7, 11) is 0. The van der Waals surface area contributed by atoms with Crippen molar-refractivity contribution in [2.45, 2.75) is 45.6 Å². The van der Waals surface area contributed by atoms with Crippen LogP contribution in [0.2, 0.25) is 0 Å². The molecular weight excluding hydrogens is 286 g/mol. The molecule has 20 heavy (non-hydrogen) atoms. The van der Waals surface area contributed by atoms with Crippen molar-refractivity contribution in [3.63, 3.8) is 0 Å². The molecule has 0 bridgehead atoms. The smallest absolute Gasteiger partial charge is 0.261 e. The number of nitrogens with one attached hydrogen (secondary N) is 1. The molecule has 0 saturated carbocycles. The van der Waals surface area contributed by atoms with Gasteiger partial charge in [-0.15, -0.1) is 22.7 Å². The van der Waals surface area contributed by atoms with Gasteiger partial charge in [0.25, 0.3) is 5.91 Å². The van der Waals surface area contributed by atoms with Crippen LogP contribution in [0, 0.1) is 6.92 Å². The quantitative estimate of drug-likeness (QED) is 0.841. The largest absolute Gasteiger partial charge is 0.346 e. The second kappa shape index (κ2) is 6.10. The number of fused-ring (bicyclic) bond motifs is 1. The van der Waals surface area contributed by atoms with Crippen LogP contribution in [0.3, 0.4) is 0 Å². The van der Waals surface area contributed by atoms with E-state index in [1.807, 2.05) is 0 Å². The summed E-state index contributed by atoms with van der Waals surface area (Å²) in [6.45, 7) is 2.73. The molecule has 2 heterocycles. The number of hydrogen-bond acceptors (Lipinski definition) is 3. The molecule has 2 aromatic rings. The highest BCUT2D eigenvalue weighted by atomic mass is 32.1. The second-order valence-corrected chi connectivity index (χ2v) is 7.47. The summed E-state index contributed by atoms with van der Waals surface area (Å²) in [6.07, 6.45) is 6.14. The van der Waals surface area contributed by atoms with E-state index in [-0.39, 0.29) is 5.91 Å². The monoisotopic (exact) mass is 305 g/mol. The van der Waals surface area contributed by atoms with Gasteiger partial charge in [0.15, 0.2) is 0 Å². The number of amides is 1. The van der Waals surface area contributed by atoms with Crippen LogP contribution in [0.1, 0.15) is 49.8 Å². The number of hydrogen-bond donors (Lipinski definition) is 1. The number of carbonyl (C=O) groups excluding carboxylic acids is 1. The van der Waals surface area contributed by atoms with Crippen molar-refractivity contribution in [3.8, 4) is 0 Å². The molecule has 1 amide bonds.